The van der Waals surface area contributed by atoms with Gasteiger partial charge in [-0.2, -0.15) is 0 Å². The number of rotatable bonds is 5. The average molecular weight is 596 g/mol. The smallest absolute Gasteiger partial charge is 0.160 e. The molecule has 0 unspecified atom stereocenters. The molecule has 0 bridgehead atoms. The van der Waals surface area contributed by atoms with Crippen molar-refractivity contribution >= 4 is 22.5 Å². The van der Waals surface area contributed by atoms with E-state index in [2.05, 4.69) is 101 Å². The maximum absolute atomic E-state index is 11.7. The van der Waals surface area contributed by atoms with Crippen LogP contribution in [-0.4, -0.2) is 20.1 Å². The standard InChI is InChI=1S/C39H37N3OS/c1-38(2,3)29-21-31(36(43)32(22-29)39(4,5)6)34-23-33(25-13-8-7-9-14-25)41-37(42-34)27-17-12-18-30(19-27)44-35-20-26-15-10-11-16-28(26)24-40-35/h7-24,43H,1-6H3. The van der Waals surface area contributed by atoms with Crippen molar-refractivity contribution in [2.45, 2.75) is 62.3 Å². The summed E-state index contributed by atoms with van der Waals surface area (Å²) in [4.78, 5) is 15.9. The Hall–Kier alpha value is -4.48. The Morgan fingerprint density at radius 3 is 2.02 bits per heavy atom. The molecule has 0 spiro atoms. The van der Waals surface area contributed by atoms with Crippen molar-refractivity contribution in [3.8, 4) is 39.7 Å². The average Bonchev–Trinajstić information content (AvgIpc) is 3.00. The Morgan fingerprint density at radius 1 is 0.614 bits per heavy atom. The van der Waals surface area contributed by atoms with E-state index in [1.807, 2.05) is 54.7 Å². The molecule has 44 heavy (non-hydrogen) atoms. The highest BCUT2D eigenvalue weighted by atomic mass is 32.2. The van der Waals surface area contributed by atoms with E-state index in [4.69, 9.17) is 9.97 Å². The highest BCUT2D eigenvalue weighted by molar-refractivity contribution is 7.99. The van der Waals surface area contributed by atoms with E-state index < -0.39 is 0 Å². The van der Waals surface area contributed by atoms with Crippen LogP contribution in [0.3, 0.4) is 0 Å². The Bertz CT molecular complexity index is 1970. The summed E-state index contributed by atoms with van der Waals surface area (Å²) in [5.74, 6) is 0.869. The molecule has 0 saturated carbocycles. The molecular weight excluding hydrogens is 559 g/mol. The van der Waals surface area contributed by atoms with Gasteiger partial charge in [-0.15, -0.1) is 0 Å². The predicted molar refractivity (Wildman–Crippen MR) is 183 cm³/mol. The van der Waals surface area contributed by atoms with E-state index in [0.29, 0.717) is 17.1 Å². The van der Waals surface area contributed by atoms with Gasteiger partial charge in [0.15, 0.2) is 5.82 Å². The summed E-state index contributed by atoms with van der Waals surface area (Å²) in [6, 6.07) is 35.0. The zero-order valence-electron chi connectivity index (χ0n) is 26.1. The van der Waals surface area contributed by atoms with E-state index >= 15 is 0 Å². The maximum Gasteiger partial charge on any atom is 0.160 e. The van der Waals surface area contributed by atoms with Crippen LogP contribution >= 0.6 is 11.8 Å². The van der Waals surface area contributed by atoms with Gasteiger partial charge in [0.05, 0.1) is 11.4 Å². The molecule has 5 heteroatoms. The molecule has 0 aliphatic carbocycles. The number of phenols is 1. The quantitative estimate of drug-likeness (QED) is 0.215. The van der Waals surface area contributed by atoms with Crippen LogP contribution in [0.2, 0.25) is 0 Å². The zero-order chi connectivity index (χ0) is 31.1. The summed E-state index contributed by atoms with van der Waals surface area (Å²) in [6.07, 6.45) is 1.92. The molecule has 0 atom stereocenters. The second kappa shape index (κ2) is 11.5. The molecule has 0 aliphatic heterocycles. The SMILES string of the molecule is CC(C)(C)c1cc(-c2cc(-c3ccccc3)nc(-c3cccc(Sc4cc5ccccc5cn4)c3)n2)c(O)c(C(C)(C)C)c1. The van der Waals surface area contributed by atoms with Gasteiger partial charge in [-0.1, -0.05) is 126 Å². The Morgan fingerprint density at radius 2 is 1.30 bits per heavy atom. The minimum atomic E-state index is -0.249. The van der Waals surface area contributed by atoms with E-state index in [-0.39, 0.29) is 16.6 Å². The highest BCUT2D eigenvalue weighted by Gasteiger charge is 2.26. The molecule has 6 rings (SSSR count). The van der Waals surface area contributed by atoms with Crippen LogP contribution in [0.15, 0.2) is 119 Å². The van der Waals surface area contributed by atoms with Gasteiger partial charge in [0.25, 0.3) is 0 Å². The first-order valence-corrected chi connectivity index (χ1v) is 15.7. The fourth-order valence-corrected chi connectivity index (χ4v) is 6.11. The van der Waals surface area contributed by atoms with Crippen molar-refractivity contribution in [1.82, 2.24) is 15.0 Å². The van der Waals surface area contributed by atoms with Gasteiger partial charge >= 0.3 is 0 Å². The Balaban J connectivity index is 1.49. The predicted octanol–water partition coefficient (Wildman–Crippen LogP) is 10.5. The van der Waals surface area contributed by atoms with Gasteiger partial charge in [-0.05, 0) is 52.1 Å². The molecule has 0 aliphatic rings. The minimum absolute atomic E-state index is 0.108. The normalized spacial score (nSPS) is 12.0. The van der Waals surface area contributed by atoms with Gasteiger partial charge in [0, 0.05) is 38.7 Å². The maximum atomic E-state index is 11.7. The zero-order valence-corrected chi connectivity index (χ0v) is 26.9. The fourth-order valence-electron chi connectivity index (χ4n) is 5.24. The largest absolute Gasteiger partial charge is 0.507 e. The molecule has 0 fully saturated rings. The fraction of sp³-hybridized carbons (Fsp3) is 0.205. The molecule has 4 aromatic carbocycles. The molecule has 0 amide bonds. The van der Waals surface area contributed by atoms with Crippen molar-refractivity contribution in [3.05, 3.63) is 120 Å². The van der Waals surface area contributed by atoms with Gasteiger partial charge in [-0.25, -0.2) is 15.0 Å². The Labute approximate surface area is 264 Å². The summed E-state index contributed by atoms with van der Waals surface area (Å²) < 4.78 is 0. The molecule has 0 radical (unpaired) electrons. The van der Waals surface area contributed by atoms with Crippen LogP contribution in [0.4, 0.5) is 0 Å². The van der Waals surface area contributed by atoms with Gasteiger partial charge in [0.1, 0.15) is 10.8 Å². The van der Waals surface area contributed by atoms with Crippen LogP contribution < -0.4 is 0 Å². The van der Waals surface area contributed by atoms with Crippen molar-refractivity contribution in [3.63, 3.8) is 0 Å². The molecule has 6 aromatic rings. The number of phenolic OH excluding ortho intramolecular Hbond substituents is 1. The molecular formula is C39H37N3OS. The summed E-state index contributed by atoms with van der Waals surface area (Å²) >= 11 is 1.62. The van der Waals surface area contributed by atoms with Crippen LogP contribution in [0.25, 0.3) is 44.7 Å². The van der Waals surface area contributed by atoms with Crippen molar-refractivity contribution in [1.29, 1.82) is 0 Å². The summed E-state index contributed by atoms with van der Waals surface area (Å²) in [5, 5.41) is 14.9. The van der Waals surface area contributed by atoms with Crippen LogP contribution in [0, 0.1) is 0 Å². The van der Waals surface area contributed by atoms with E-state index in [1.165, 1.54) is 0 Å². The topological polar surface area (TPSA) is 58.9 Å². The number of aromatic hydroxyl groups is 1. The minimum Gasteiger partial charge on any atom is -0.507 e. The van der Waals surface area contributed by atoms with Gasteiger partial charge < -0.3 is 5.11 Å². The lowest BCUT2D eigenvalue weighted by Crippen LogP contribution is -2.17. The van der Waals surface area contributed by atoms with Crippen LogP contribution in [0.1, 0.15) is 52.7 Å². The monoisotopic (exact) mass is 595 g/mol. The molecule has 2 heterocycles. The summed E-state index contributed by atoms with van der Waals surface area (Å²) in [5.41, 5.74) is 5.80. The van der Waals surface area contributed by atoms with Gasteiger partial charge in [-0.3, -0.25) is 0 Å². The number of pyridine rings is 1. The number of benzene rings is 4. The van der Waals surface area contributed by atoms with E-state index in [1.54, 1.807) is 11.8 Å². The number of aromatic nitrogens is 3. The highest BCUT2D eigenvalue weighted by Crippen LogP contribution is 2.42. The number of fused-ring (bicyclic) bond motifs is 1. The molecule has 0 saturated heterocycles. The summed E-state index contributed by atoms with van der Waals surface area (Å²) in [6.45, 7) is 13.0. The molecule has 2 aromatic heterocycles. The van der Waals surface area contributed by atoms with Crippen LogP contribution in [-0.2, 0) is 10.8 Å². The van der Waals surface area contributed by atoms with Crippen LogP contribution in [0.5, 0.6) is 5.75 Å². The number of nitrogens with zero attached hydrogens (tertiary/aromatic N) is 3. The molecule has 4 nitrogen and oxygen atoms in total. The van der Waals surface area contributed by atoms with Crippen molar-refractivity contribution < 1.29 is 5.11 Å². The second-order valence-electron chi connectivity index (χ2n) is 13.2. The van der Waals surface area contributed by atoms with Gasteiger partial charge in [0.2, 0.25) is 0 Å². The van der Waals surface area contributed by atoms with Crippen molar-refractivity contribution in [2.75, 3.05) is 0 Å². The van der Waals surface area contributed by atoms with E-state index in [9.17, 15) is 5.11 Å². The second-order valence-corrected chi connectivity index (χ2v) is 14.3. The lowest BCUT2D eigenvalue weighted by molar-refractivity contribution is 0.446. The van der Waals surface area contributed by atoms with E-state index in [0.717, 1.165) is 48.6 Å². The molecule has 220 valence electrons. The summed E-state index contributed by atoms with van der Waals surface area (Å²) in [7, 11) is 0. The third-order valence-electron chi connectivity index (χ3n) is 7.78. The lowest BCUT2D eigenvalue weighted by Gasteiger charge is -2.27. The molecule has 1 N–H and O–H groups in total. The first-order chi connectivity index (χ1) is 21.0. The third-order valence-corrected chi connectivity index (χ3v) is 8.70. The third kappa shape index (κ3) is 6.24. The number of hydrogen-bond donors (Lipinski definition) is 1. The number of hydrogen-bond acceptors (Lipinski definition) is 5. The first kappa shape index (κ1) is 29.6. The van der Waals surface area contributed by atoms with Crippen molar-refractivity contribution in [2.24, 2.45) is 0 Å². The Kier molecular flexibility index (Phi) is 7.77. The lowest BCUT2D eigenvalue weighted by atomic mass is 9.78. The first-order valence-electron chi connectivity index (χ1n) is 14.9.